The van der Waals surface area contributed by atoms with Gasteiger partial charge in [0.1, 0.15) is 5.75 Å². The van der Waals surface area contributed by atoms with E-state index in [1.807, 2.05) is 12.1 Å². The average molecular weight is 399 g/mol. The Hall–Kier alpha value is -3.13. The summed E-state index contributed by atoms with van der Waals surface area (Å²) in [6, 6.07) is 12.4. The molecule has 2 aromatic rings. The van der Waals surface area contributed by atoms with Crippen LogP contribution in [-0.4, -0.2) is 42.5 Å². The lowest BCUT2D eigenvalue weighted by Gasteiger charge is -2.14. The van der Waals surface area contributed by atoms with Crippen LogP contribution in [0.5, 0.6) is 11.5 Å². The number of nitro groups is 1. The molecule has 1 aliphatic rings. The summed E-state index contributed by atoms with van der Waals surface area (Å²) >= 11 is 0. The number of hydrogen-bond donors (Lipinski definition) is 1. The molecular formula is C21H25N3O5. The van der Waals surface area contributed by atoms with E-state index in [1.165, 1.54) is 56.8 Å². The Balaban J connectivity index is 1.44. The molecule has 0 atom stereocenters. The molecule has 1 aliphatic heterocycles. The van der Waals surface area contributed by atoms with Gasteiger partial charge in [0.15, 0.2) is 6.61 Å². The average Bonchev–Trinajstić information content (AvgIpc) is 3.24. The molecule has 0 spiro atoms. The van der Waals surface area contributed by atoms with Gasteiger partial charge < -0.3 is 14.8 Å². The van der Waals surface area contributed by atoms with Crippen molar-refractivity contribution in [3.8, 4) is 11.5 Å². The second kappa shape index (κ2) is 9.88. The molecule has 0 saturated carbocycles. The predicted molar refractivity (Wildman–Crippen MR) is 108 cm³/mol. The second-order valence-corrected chi connectivity index (χ2v) is 6.96. The molecule has 0 unspecified atom stereocenters. The van der Waals surface area contributed by atoms with Crippen molar-refractivity contribution in [2.75, 3.05) is 26.8 Å². The van der Waals surface area contributed by atoms with Crippen LogP contribution in [-0.2, 0) is 17.9 Å². The van der Waals surface area contributed by atoms with Crippen LogP contribution in [0, 0.1) is 10.1 Å². The molecule has 1 heterocycles. The maximum atomic E-state index is 12.0. The van der Waals surface area contributed by atoms with Gasteiger partial charge in [-0.05, 0) is 43.1 Å². The maximum Gasteiger partial charge on any atom is 0.311 e. The van der Waals surface area contributed by atoms with Gasteiger partial charge in [-0.2, -0.15) is 0 Å². The zero-order valence-electron chi connectivity index (χ0n) is 16.4. The highest BCUT2D eigenvalue weighted by molar-refractivity contribution is 5.77. The summed E-state index contributed by atoms with van der Waals surface area (Å²) in [6.07, 6.45) is 2.55. The first-order valence-corrected chi connectivity index (χ1v) is 9.57. The summed E-state index contributed by atoms with van der Waals surface area (Å²) in [5.41, 5.74) is 2.13. The highest BCUT2D eigenvalue weighted by Gasteiger charge is 2.16. The Morgan fingerprint density at radius 3 is 2.48 bits per heavy atom. The van der Waals surface area contributed by atoms with E-state index in [2.05, 4.69) is 22.3 Å². The molecule has 0 radical (unpaired) electrons. The van der Waals surface area contributed by atoms with E-state index in [0.717, 1.165) is 12.1 Å². The molecule has 3 rings (SSSR count). The van der Waals surface area contributed by atoms with Gasteiger partial charge in [-0.25, -0.2) is 0 Å². The minimum atomic E-state index is -0.536. The molecule has 1 N–H and O–H groups in total. The van der Waals surface area contributed by atoms with Crippen molar-refractivity contribution in [1.29, 1.82) is 0 Å². The van der Waals surface area contributed by atoms with Crippen molar-refractivity contribution >= 4 is 11.6 Å². The van der Waals surface area contributed by atoms with E-state index in [0.29, 0.717) is 12.3 Å². The third-order valence-corrected chi connectivity index (χ3v) is 4.84. The molecular weight excluding hydrogens is 374 g/mol. The normalized spacial score (nSPS) is 13.8. The molecule has 29 heavy (non-hydrogen) atoms. The van der Waals surface area contributed by atoms with Gasteiger partial charge in [-0.1, -0.05) is 24.3 Å². The number of likely N-dealkylation sites (tertiary alicyclic amines) is 1. The topological polar surface area (TPSA) is 93.9 Å². The summed E-state index contributed by atoms with van der Waals surface area (Å²) in [5.74, 6) is 0.138. The maximum absolute atomic E-state index is 12.0. The van der Waals surface area contributed by atoms with Crippen LogP contribution in [0.25, 0.3) is 0 Å². The predicted octanol–water partition coefficient (Wildman–Crippen LogP) is 2.89. The van der Waals surface area contributed by atoms with Gasteiger partial charge in [0.2, 0.25) is 5.75 Å². The largest absolute Gasteiger partial charge is 0.490 e. The lowest BCUT2D eigenvalue weighted by Crippen LogP contribution is -2.28. The minimum Gasteiger partial charge on any atom is -0.490 e. The Kier molecular flexibility index (Phi) is 7.02. The first kappa shape index (κ1) is 20.6. The number of ether oxygens (including phenoxy) is 2. The molecule has 8 nitrogen and oxygen atoms in total. The number of carbonyl (C=O) groups excluding carboxylic acids is 1. The number of methoxy groups -OCH3 is 1. The lowest BCUT2D eigenvalue weighted by molar-refractivity contribution is -0.385. The fourth-order valence-electron chi connectivity index (χ4n) is 3.26. The van der Waals surface area contributed by atoms with Crippen molar-refractivity contribution in [2.24, 2.45) is 0 Å². The summed E-state index contributed by atoms with van der Waals surface area (Å²) < 4.78 is 10.4. The highest BCUT2D eigenvalue weighted by Crippen LogP contribution is 2.30. The van der Waals surface area contributed by atoms with E-state index in [-0.39, 0.29) is 24.0 Å². The van der Waals surface area contributed by atoms with Crippen LogP contribution in [0.2, 0.25) is 0 Å². The summed E-state index contributed by atoms with van der Waals surface area (Å²) in [6.45, 7) is 3.53. The van der Waals surface area contributed by atoms with E-state index in [4.69, 9.17) is 9.47 Å². The van der Waals surface area contributed by atoms with Crippen LogP contribution in [0.15, 0.2) is 42.5 Å². The van der Waals surface area contributed by atoms with Gasteiger partial charge in [0.05, 0.1) is 12.0 Å². The zero-order valence-corrected chi connectivity index (χ0v) is 16.4. The summed E-state index contributed by atoms with van der Waals surface area (Å²) in [7, 11) is 1.34. The SMILES string of the molecule is COc1cc(OCC(=O)NCc2ccc(CN3CCCC3)cc2)ccc1[N+](=O)[O-]. The smallest absolute Gasteiger partial charge is 0.311 e. The molecule has 8 heteroatoms. The lowest BCUT2D eigenvalue weighted by atomic mass is 10.1. The molecule has 154 valence electrons. The van der Waals surface area contributed by atoms with Crippen molar-refractivity contribution in [3.05, 3.63) is 63.7 Å². The molecule has 0 bridgehead atoms. The van der Waals surface area contributed by atoms with E-state index in [9.17, 15) is 14.9 Å². The zero-order chi connectivity index (χ0) is 20.6. The first-order valence-electron chi connectivity index (χ1n) is 9.57. The van der Waals surface area contributed by atoms with Crippen LogP contribution in [0.3, 0.4) is 0 Å². The Morgan fingerprint density at radius 2 is 1.83 bits per heavy atom. The fraction of sp³-hybridized carbons (Fsp3) is 0.381. The van der Waals surface area contributed by atoms with Crippen LogP contribution < -0.4 is 14.8 Å². The van der Waals surface area contributed by atoms with Crippen molar-refractivity contribution in [1.82, 2.24) is 10.2 Å². The number of carbonyl (C=O) groups is 1. The number of rotatable bonds is 9. The number of benzene rings is 2. The minimum absolute atomic E-state index is 0.0851. The molecule has 2 aromatic carbocycles. The van der Waals surface area contributed by atoms with Crippen molar-refractivity contribution in [2.45, 2.75) is 25.9 Å². The monoisotopic (exact) mass is 399 g/mol. The summed E-state index contributed by atoms with van der Waals surface area (Å²) in [5, 5.41) is 13.7. The molecule has 0 aromatic heterocycles. The van der Waals surface area contributed by atoms with Gasteiger partial charge in [0.25, 0.3) is 5.91 Å². The fourth-order valence-corrected chi connectivity index (χ4v) is 3.26. The van der Waals surface area contributed by atoms with Gasteiger partial charge in [-0.15, -0.1) is 0 Å². The van der Waals surface area contributed by atoms with E-state index >= 15 is 0 Å². The Morgan fingerprint density at radius 1 is 1.14 bits per heavy atom. The number of hydrogen-bond acceptors (Lipinski definition) is 6. The van der Waals surface area contributed by atoms with Crippen LogP contribution in [0.1, 0.15) is 24.0 Å². The molecule has 1 amide bonds. The molecule has 1 saturated heterocycles. The number of amides is 1. The van der Waals surface area contributed by atoms with Gasteiger partial charge >= 0.3 is 5.69 Å². The number of nitrogens with zero attached hydrogens (tertiary/aromatic N) is 2. The second-order valence-electron chi connectivity index (χ2n) is 6.96. The van der Waals surface area contributed by atoms with E-state index in [1.54, 1.807) is 0 Å². The van der Waals surface area contributed by atoms with Crippen molar-refractivity contribution in [3.63, 3.8) is 0 Å². The highest BCUT2D eigenvalue weighted by atomic mass is 16.6. The van der Waals surface area contributed by atoms with Gasteiger partial charge in [0, 0.05) is 25.2 Å². The van der Waals surface area contributed by atoms with Crippen molar-refractivity contribution < 1.29 is 19.2 Å². The molecule has 1 fully saturated rings. The third kappa shape index (κ3) is 5.92. The van der Waals surface area contributed by atoms with E-state index < -0.39 is 4.92 Å². The third-order valence-electron chi connectivity index (χ3n) is 4.84. The standard InChI is InChI=1S/C21H25N3O5/c1-28-20-12-18(8-9-19(20)24(26)27)29-15-21(25)22-13-16-4-6-17(7-5-16)14-23-10-2-3-11-23/h4-9,12H,2-3,10-11,13-15H2,1H3,(H,22,25). The quantitative estimate of drug-likeness (QED) is 0.515. The first-order chi connectivity index (χ1) is 14.0. The van der Waals surface area contributed by atoms with Crippen LogP contribution in [0.4, 0.5) is 5.69 Å². The number of nitrogens with one attached hydrogen (secondary N) is 1. The Bertz CT molecular complexity index is 848. The van der Waals surface area contributed by atoms with Gasteiger partial charge in [-0.3, -0.25) is 19.8 Å². The Labute approximate surface area is 169 Å². The van der Waals surface area contributed by atoms with Crippen LogP contribution >= 0.6 is 0 Å². The molecule has 0 aliphatic carbocycles. The number of nitro benzene ring substituents is 1. The summed E-state index contributed by atoms with van der Waals surface area (Å²) in [4.78, 5) is 24.8.